The van der Waals surface area contributed by atoms with Crippen molar-refractivity contribution in [3.8, 4) is 22.6 Å². The van der Waals surface area contributed by atoms with Crippen LogP contribution in [0.2, 0.25) is 0 Å². The van der Waals surface area contributed by atoms with Crippen LogP contribution in [0.4, 0.5) is 0 Å². The molecule has 4 heterocycles. The zero-order chi connectivity index (χ0) is 19.3. The first-order chi connectivity index (χ1) is 13.5. The van der Waals surface area contributed by atoms with Crippen LogP contribution in [-0.4, -0.2) is 29.7 Å². The van der Waals surface area contributed by atoms with Crippen molar-refractivity contribution in [2.45, 2.75) is 19.4 Å². The molecule has 6 nitrogen and oxygen atoms in total. The highest BCUT2D eigenvalue weighted by Crippen LogP contribution is 2.28. The highest BCUT2D eigenvalue weighted by Gasteiger charge is 2.17. The largest absolute Gasteiger partial charge is 0.386 e. The van der Waals surface area contributed by atoms with Gasteiger partial charge in [0.25, 0.3) is 0 Å². The molecule has 0 radical (unpaired) electrons. The van der Waals surface area contributed by atoms with Gasteiger partial charge < -0.3 is 9.51 Å². The van der Waals surface area contributed by atoms with Crippen LogP contribution in [0.5, 0.6) is 0 Å². The average Bonchev–Trinajstić information content (AvgIpc) is 3.30. The Labute approximate surface area is 161 Å². The average molecular weight is 369 g/mol. The molecule has 0 amide bonds. The Hall–Kier alpha value is -3.51. The van der Waals surface area contributed by atoms with Crippen molar-refractivity contribution in [1.82, 2.24) is 24.6 Å². The number of aliphatic hydroxyl groups is 1. The third kappa shape index (κ3) is 2.75. The summed E-state index contributed by atoms with van der Waals surface area (Å²) < 4.78 is 1.98. The number of pyridine rings is 2. The number of imidazole rings is 1. The summed E-state index contributed by atoms with van der Waals surface area (Å²) in [6.07, 6.45) is 5.69. The summed E-state index contributed by atoms with van der Waals surface area (Å²) in [5.41, 5.74) is 5.15. The van der Waals surface area contributed by atoms with Gasteiger partial charge in [-0.05, 0) is 49.7 Å². The standard InChI is InChI=1S/C22H19N5O/c1-22(2,28)15-9-10-23-18(11-15)14-7-8-20-24-19(13-27(20)12-14)21-16-5-3-4-6-17(16)25-26-21/h3-13,28H,1-2H3,(H,25,26). The lowest BCUT2D eigenvalue weighted by Gasteiger charge is -2.18. The molecule has 1 aromatic carbocycles. The summed E-state index contributed by atoms with van der Waals surface area (Å²) in [6, 6.07) is 15.7. The maximum Gasteiger partial charge on any atom is 0.137 e. The monoisotopic (exact) mass is 369 g/mol. The number of nitrogens with one attached hydrogen (secondary N) is 1. The summed E-state index contributed by atoms with van der Waals surface area (Å²) in [5, 5.41) is 18.8. The van der Waals surface area contributed by atoms with Crippen molar-refractivity contribution in [3.05, 3.63) is 72.7 Å². The number of para-hydroxylation sites is 1. The van der Waals surface area contributed by atoms with Crippen molar-refractivity contribution in [2.75, 3.05) is 0 Å². The fourth-order valence-electron chi connectivity index (χ4n) is 3.39. The van der Waals surface area contributed by atoms with E-state index in [0.717, 1.165) is 44.8 Å². The van der Waals surface area contributed by atoms with Crippen LogP contribution in [0, 0.1) is 0 Å². The van der Waals surface area contributed by atoms with Gasteiger partial charge in [-0.25, -0.2) is 4.98 Å². The van der Waals surface area contributed by atoms with E-state index in [1.165, 1.54) is 0 Å². The van der Waals surface area contributed by atoms with Crippen LogP contribution < -0.4 is 0 Å². The lowest BCUT2D eigenvalue weighted by Crippen LogP contribution is -2.15. The van der Waals surface area contributed by atoms with Crippen LogP contribution in [0.15, 0.2) is 67.1 Å². The van der Waals surface area contributed by atoms with Gasteiger partial charge in [-0.15, -0.1) is 0 Å². The van der Waals surface area contributed by atoms with Gasteiger partial charge in [0, 0.05) is 29.5 Å². The summed E-state index contributed by atoms with van der Waals surface area (Å²) in [5.74, 6) is 0. The molecule has 5 rings (SSSR count). The van der Waals surface area contributed by atoms with Gasteiger partial charge >= 0.3 is 0 Å². The molecule has 0 saturated heterocycles. The molecule has 5 aromatic rings. The molecule has 0 aliphatic heterocycles. The van der Waals surface area contributed by atoms with Gasteiger partial charge in [0.1, 0.15) is 17.0 Å². The summed E-state index contributed by atoms with van der Waals surface area (Å²) in [6.45, 7) is 3.54. The van der Waals surface area contributed by atoms with E-state index in [2.05, 4.69) is 15.2 Å². The van der Waals surface area contributed by atoms with E-state index < -0.39 is 5.60 Å². The molecule has 0 bridgehead atoms. The first-order valence-corrected chi connectivity index (χ1v) is 9.10. The number of hydrogen-bond donors (Lipinski definition) is 2. The minimum Gasteiger partial charge on any atom is -0.386 e. The number of aromatic amines is 1. The molecular formula is C22H19N5O. The predicted molar refractivity (Wildman–Crippen MR) is 109 cm³/mol. The topological polar surface area (TPSA) is 79.1 Å². The lowest BCUT2D eigenvalue weighted by molar-refractivity contribution is 0.0785. The third-order valence-electron chi connectivity index (χ3n) is 4.93. The fourth-order valence-corrected chi connectivity index (χ4v) is 3.39. The molecule has 0 unspecified atom stereocenters. The van der Waals surface area contributed by atoms with Gasteiger partial charge in [0.2, 0.25) is 0 Å². The fraction of sp³-hybridized carbons (Fsp3) is 0.136. The lowest BCUT2D eigenvalue weighted by atomic mass is 9.98. The quantitative estimate of drug-likeness (QED) is 0.500. The maximum atomic E-state index is 10.3. The summed E-state index contributed by atoms with van der Waals surface area (Å²) in [4.78, 5) is 9.18. The van der Waals surface area contributed by atoms with Crippen molar-refractivity contribution in [3.63, 3.8) is 0 Å². The SMILES string of the molecule is CC(C)(O)c1ccnc(-c2ccc3nc(-c4n[nH]c5ccccc45)cn3c2)c1. The van der Waals surface area contributed by atoms with Gasteiger partial charge in [-0.1, -0.05) is 18.2 Å². The Morgan fingerprint density at radius 1 is 1.00 bits per heavy atom. The number of H-pyrrole nitrogens is 1. The Kier molecular flexibility index (Phi) is 3.57. The van der Waals surface area contributed by atoms with E-state index in [0.29, 0.717) is 0 Å². The molecule has 6 heteroatoms. The van der Waals surface area contributed by atoms with Crippen molar-refractivity contribution in [2.24, 2.45) is 0 Å². The normalized spacial score (nSPS) is 12.1. The molecule has 28 heavy (non-hydrogen) atoms. The molecular weight excluding hydrogens is 350 g/mol. The van der Waals surface area contributed by atoms with Gasteiger partial charge in [-0.2, -0.15) is 5.10 Å². The van der Waals surface area contributed by atoms with Crippen molar-refractivity contribution >= 4 is 16.6 Å². The predicted octanol–water partition coefficient (Wildman–Crippen LogP) is 4.17. The van der Waals surface area contributed by atoms with Gasteiger partial charge in [0.05, 0.1) is 16.8 Å². The summed E-state index contributed by atoms with van der Waals surface area (Å²) >= 11 is 0. The first kappa shape index (κ1) is 16.6. The van der Waals surface area contributed by atoms with Crippen molar-refractivity contribution in [1.29, 1.82) is 0 Å². The third-order valence-corrected chi connectivity index (χ3v) is 4.93. The zero-order valence-corrected chi connectivity index (χ0v) is 15.6. The van der Waals surface area contributed by atoms with Crippen molar-refractivity contribution < 1.29 is 5.11 Å². The maximum absolute atomic E-state index is 10.3. The number of rotatable bonds is 3. The smallest absolute Gasteiger partial charge is 0.137 e. The molecule has 0 fully saturated rings. The van der Waals surface area contributed by atoms with Crippen LogP contribution in [0.1, 0.15) is 19.4 Å². The Morgan fingerprint density at radius 2 is 1.86 bits per heavy atom. The van der Waals surface area contributed by atoms with E-state index in [9.17, 15) is 5.11 Å². The minimum absolute atomic E-state index is 0.807. The Morgan fingerprint density at radius 3 is 2.71 bits per heavy atom. The van der Waals surface area contributed by atoms with Crippen LogP contribution in [0.25, 0.3) is 39.2 Å². The molecule has 0 spiro atoms. The minimum atomic E-state index is -0.912. The highest BCUT2D eigenvalue weighted by atomic mass is 16.3. The summed E-state index contributed by atoms with van der Waals surface area (Å²) in [7, 11) is 0. The van der Waals surface area contributed by atoms with E-state index >= 15 is 0 Å². The first-order valence-electron chi connectivity index (χ1n) is 9.10. The van der Waals surface area contributed by atoms with Gasteiger partial charge in [-0.3, -0.25) is 10.1 Å². The molecule has 0 aliphatic rings. The second kappa shape index (κ2) is 6.00. The Bertz CT molecular complexity index is 1310. The number of nitrogens with zero attached hydrogens (tertiary/aromatic N) is 4. The van der Waals surface area contributed by atoms with Crippen LogP contribution in [0.3, 0.4) is 0 Å². The number of aromatic nitrogens is 5. The van der Waals surface area contributed by atoms with E-state index in [1.54, 1.807) is 20.0 Å². The highest BCUT2D eigenvalue weighted by molar-refractivity contribution is 5.92. The molecule has 0 saturated carbocycles. The van der Waals surface area contributed by atoms with Crippen LogP contribution >= 0.6 is 0 Å². The molecule has 2 N–H and O–H groups in total. The Balaban J connectivity index is 1.60. The van der Waals surface area contributed by atoms with E-state index in [1.807, 2.05) is 65.3 Å². The number of benzene rings is 1. The second-order valence-electron chi connectivity index (χ2n) is 7.42. The molecule has 4 aromatic heterocycles. The van der Waals surface area contributed by atoms with Gasteiger partial charge in [0.15, 0.2) is 0 Å². The second-order valence-corrected chi connectivity index (χ2v) is 7.42. The molecule has 0 aliphatic carbocycles. The number of hydrogen-bond acceptors (Lipinski definition) is 4. The van der Waals surface area contributed by atoms with Crippen LogP contribution in [-0.2, 0) is 5.60 Å². The number of fused-ring (bicyclic) bond motifs is 2. The van der Waals surface area contributed by atoms with E-state index in [-0.39, 0.29) is 0 Å². The molecule has 138 valence electrons. The molecule has 0 atom stereocenters. The zero-order valence-electron chi connectivity index (χ0n) is 15.6. The van der Waals surface area contributed by atoms with E-state index in [4.69, 9.17) is 4.98 Å².